The molecule has 0 aliphatic carbocycles. The lowest BCUT2D eigenvalue weighted by molar-refractivity contribution is -0.0900. The Hall–Kier alpha value is -0.610. The van der Waals surface area contributed by atoms with Crippen LogP contribution >= 0.6 is 11.6 Å². The molecule has 1 heterocycles. The highest BCUT2D eigenvalue weighted by Crippen LogP contribution is 2.22. The van der Waals surface area contributed by atoms with Crippen molar-refractivity contribution in [2.45, 2.75) is 57.9 Å². The molecule has 0 bridgehead atoms. The first-order valence-corrected chi connectivity index (χ1v) is 8.19. The topological polar surface area (TPSA) is 32.7 Å². The van der Waals surface area contributed by atoms with Crippen LogP contribution < -0.4 is 0 Å². The molecule has 0 radical (unpaired) electrons. The molecule has 1 aromatic carbocycles. The molecule has 1 fully saturated rings. The fourth-order valence-corrected chi connectivity index (χ4v) is 3.32. The van der Waals surface area contributed by atoms with Crippen LogP contribution in [0.15, 0.2) is 24.3 Å². The first-order chi connectivity index (χ1) is 10.0. The molecule has 0 amide bonds. The van der Waals surface area contributed by atoms with Gasteiger partial charge in [0.2, 0.25) is 0 Å². The zero-order valence-electron chi connectivity index (χ0n) is 13.1. The number of rotatable bonds is 5. The summed E-state index contributed by atoms with van der Waals surface area (Å²) in [5, 5.41) is 10.8. The Morgan fingerprint density at radius 3 is 2.62 bits per heavy atom. The smallest absolute Gasteiger partial charge is 0.0674 e. The van der Waals surface area contributed by atoms with Gasteiger partial charge < -0.3 is 9.84 Å². The van der Waals surface area contributed by atoms with E-state index in [4.69, 9.17) is 16.3 Å². The van der Waals surface area contributed by atoms with Crippen molar-refractivity contribution in [1.29, 1.82) is 0 Å². The lowest BCUT2D eigenvalue weighted by atomic mass is 9.98. The maximum atomic E-state index is 10.1. The van der Waals surface area contributed by atoms with E-state index in [1.165, 1.54) is 5.56 Å². The third kappa shape index (κ3) is 4.43. The van der Waals surface area contributed by atoms with E-state index in [0.29, 0.717) is 12.6 Å². The summed E-state index contributed by atoms with van der Waals surface area (Å²) in [6, 6.07) is 8.50. The van der Waals surface area contributed by atoms with Gasteiger partial charge in [0, 0.05) is 23.7 Å². The van der Waals surface area contributed by atoms with Crippen molar-refractivity contribution < 1.29 is 9.84 Å². The maximum absolute atomic E-state index is 10.1. The molecule has 1 aliphatic rings. The lowest BCUT2D eigenvalue weighted by Gasteiger charge is -2.44. The average molecular weight is 312 g/mol. The number of aliphatic hydroxyl groups excluding tert-OH is 1. The van der Waals surface area contributed by atoms with Crippen LogP contribution in [0.4, 0.5) is 0 Å². The van der Waals surface area contributed by atoms with Crippen molar-refractivity contribution >= 4 is 11.6 Å². The van der Waals surface area contributed by atoms with Gasteiger partial charge in [-0.1, -0.05) is 30.7 Å². The quantitative estimate of drug-likeness (QED) is 0.907. The van der Waals surface area contributed by atoms with Gasteiger partial charge in [0.1, 0.15) is 0 Å². The summed E-state index contributed by atoms with van der Waals surface area (Å²) in [5.41, 5.74) is 1.26. The van der Waals surface area contributed by atoms with Crippen molar-refractivity contribution in [3.63, 3.8) is 0 Å². The Morgan fingerprint density at radius 1 is 1.38 bits per heavy atom. The number of morpholine rings is 1. The summed E-state index contributed by atoms with van der Waals surface area (Å²) in [6.07, 6.45) is 1.77. The van der Waals surface area contributed by atoms with Crippen LogP contribution in [0.25, 0.3) is 0 Å². The Morgan fingerprint density at radius 2 is 2.05 bits per heavy atom. The highest BCUT2D eigenvalue weighted by molar-refractivity contribution is 6.30. The first-order valence-electron chi connectivity index (χ1n) is 7.81. The molecule has 21 heavy (non-hydrogen) atoms. The van der Waals surface area contributed by atoms with Gasteiger partial charge >= 0.3 is 0 Å². The highest BCUT2D eigenvalue weighted by atomic mass is 35.5. The number of ether oxygens (including phenoxy) is 1. The van der Waals surface area contributed by atoms with E-state index in [9.17, 15) is 5.11 Å². The molecule has 1 aromatic rings. The number of hydrogen-bond donors (Lipinski definition) is 1. The minimum atomic E-state index is -0.326. The van der Waals surface area contributed by atoms with Crippen LogP contribution in [0.1, 0.15) is 32.8 Å². The monoisotopic (exact) mass is 311 g/mol. The fourth-order valence-electron chi connectivity index (χ4n) is 3.20. The second kappa shape index (κ2) is 7.59. The molecule has 4 atom stereocenters. The van der Waals surface area contributed by atoms with Crippen LogP contribution in [0, 0.1) is 0 Å². The van der Waals surface area contributed by atoms with Gasteiger partial charge in [0.15, 0.2) is 0 Å². The molecule has 1 aliphatic heterocycles. The highest BCUT2D eigenvalue weighted by Gasteiger charge is 2.33. The van der Waals surface area contributed by atoms with Gasteiger partial charge in [0.05, 0.1) is 18.8 Å². The molecular formula is C17H26ClNO2. The van der Waals surface area contributed by atoms with E-state index in [0.717, 1.165) is 24.4 Å². The standard InChI is InChI=1S/C17H26ClNO2/c1-4-17(13(3)20)19-10-12(2)21-11-16(19)9-14-5-7-15(18)8-6-14/h5-8,12-13,16-17,20H,4,9-11H2,1-3H3/t12?,13-,16?,17?/m1/s1. The second-order valence-electron chi connectivity index (χ2n) is 6.04. The Bertz CT molecular complexity index is 435. The van der Waals surface area contributed by atoms with Crippen LogP contribution in [-0.4, -0.2) is 47.4 Å². The maximum Gasteiger partial charge on any atom is 0.0674 e. The number of halogens is 1. The lowest BCUT2D eigenvalue weighted by Crippen LogP contribution is -2.56. The minimum Gasteiger partial charge on any atom is -0.392 e. The zero-order valence-corrected chi connectivity index (χ0v) is 13.9. The normalized spacial score (nSPS) is 26.5. The summed E-state index contributed by atoms with van der Waals surface area (Å²) in [4.78, 5) is 2.42. The molecule has 0 spiro atoms. The molecule has 2 rings (SSSR count). The molecule has 118 valence electrons. The van der Waals surface area contributed by atoms with Gasteiger partial charge in [-0.25, -0.2) is 0 Å². The Balaban J connectivity index is 2.12. The summed E-state index contributed by atoms with van der Waals surface area (Å²) in [7, 11) is 0. The van der Waals surface area contributed by atoms with Gasteiger partial charge in [-0.05, 0) is 44.4 Å². The largest absolute Gasteiger partial charge is 0.392 e. The summed E-state index contributed by atoms with van der Waals surface area (Å²) >= 11 is 5.95. The van der Waals surface area contributed by atoms with Crippen LogP contribution in [-0.2, 0) is 11.2 Å². The zero-order chi connectivity index (χ0) is 15.4. The van der Waals surface area contributed by atoms with Crippen molar-refractivity contribution in [2.24, 2.45) is 0 Å². The van der Waals surface area contributed by atoms with E-state index in [1.54, 1.807) is 0 Å². The predicted molar refractivity (Wildman–Crippen MR) is 86.8 cm³/mol. The molecule has 0 aromatic heterocycles. The third-order valence-electron chi connectivity index (χ3n) is 4.30. The number of hydrogen-bond acceptors (Lipinski definition) is 3. The molecular weight excluding hydrogens is 286 g/mol. The number of aliphatic hydroxyl groups is 1. The van der Waals surface area contributed by atoms with Gasteiger partial charge in [0.25, 0.3) is 0 Å². The fraction of sp³-hybridized carbons (Fsp3) is 0.647. The SMILES string of the molecule is CCC([C@@H](C)O)N1CC(C)OCC1Cc1ccc(Cl)cc1. The van der Waals surface area contributed by atoms with Crippen molar-refractivity contribution in [3.05, 3.63) is 34.9 Å². The van der Waals surface area contributed by atoms with E-state index in [-0.39, 0.29) is 18.2 Å². The predicted octanol–water partition coefficient (Wildman–Crippen LogP) is 3.13. The van der Waals surface area contributed by atoms with Gasteiger partial charge in [-0.15, -0.1) is 0 Å². The molecule has 0 saturated carbocycles. The molecule has 3 unspecified atom stereocenters. The Kier molecular flexibility index (Phi) is 6.06. The van der Waals surface area contributed by atoms with Crippen molar-refractivity contribution in [2.75, 3.05) is 13.2 Å². The molecule has 1 saturated heterocycles. The minimum absolute atomic E-state index is 0.189. The third-order valence-corrected chi connectivity index (χ3v) is 4.55. The number of benzene rings is 1. The van der Waals surface area contributed by atoms with E-state index < -0.39 is 0 Å². The average Bonchev–Trinajstić information content (AvgIpc) is 2.44. The van der Waals surface area contributed by atoms with Crippen LogP contribution in [0.5, 0.6) is 0 Å². The second-order valence-corrected chi connectivity index (χ2v) is 6.48. The Labute approximate surface area is 132 Å². The van der Waals surface area contributed by atoms with Crippen molar-refractivity contribution in [3.8, 4) is 0 Å². The summed E-state index contributed by atoms with van der Waals surface area (Å²) < 4.78 is 5.84. The van der Waals surface area contributed by atoms with Gasteiger partial charge in [-0.2, -0.15) is 0 Å². The first kappa shape index (κ1) is 16.8. The summed E-state index contributed by atoms with van der Waals surface area (Å²) in [6.45, 7) is 7.71. The van der Waals surface area contributed by atoms with E-state index in [2.05, 4.69) is 30.9 Å². The van der Waals surface area contributed by atoms with E-state index in [1.807, 2.05) is 19.1 Å². The number of nitrogens with zero attached hydrogens (tertiary/aromatic N) is 1. The van der Waals surface area contributed by atoms with E-state index >= 15 is 0 Å². The van der Waals surface area contributed by atoms with Gasteiger partial charge in [-0.3, -0.25) is 4.90 Å². The van der Waals surface area contributed by atoms with Crippen molar-refractivity contribution in [1.82, 2.24) is 4.90 Å². The van der Waals surface area contributed by atoms with Crippen LogP contribution in [0.2, 0.25) is 5.02 Å². The molecule has 1 N–H and O–H groups in total. The molecule has 4 heteroatoms. The molecule has 3 nitrogen and oxygen atoms in total. The van der Waals surface area contributed by atoms with Crippen LogP contribution in [0.3, 0.4) is 0 Å². The summed E-state index contributed by atoms with van der Waals surface area (Å²) in [5.74, 6) is 0.